The Labute approximate surface area is 215 Å². The predicted octanol–water partition coefficient (Wildman–Crippen LogP) is 6.18. The Hall–Kier alpha value is -2.48. The van der Waals surface area contributed by atoms with Crippen LogP contribution >= 0.6 is 22.9 Å². The molecule has 1 saturated carbocycles. The summed E-state index contributed by atoms with van der Waals surface area (Å²) >= 11 is 8.10. The van der Waals surface area contributed by atoms with Gasteiger partial charge in [0.15, 0.2) is 0 Å². The van der Waals surface area contributed by atoms with Crippen LogP contribution in [0.1, 0.15) is 63.7 Å². The number of piperidine rings is 1. The number of hydrogen-bond acceptors (Lipinski definition) is 6. The van der Waals surface area contributed by atoms with E-state index in [9.17, 15) is 4.79 Å². The highest BCUT2D eigenvalue weighted by Gasteiger charge is 2.34. The van der Waals surface area contributed by atoms with Crippen LogP contribution in [0.25, 0.3) is 20.7 Å². The zero-order valence-electron chi connectivity index (χ0n) is 20.7. The lowest BCUT2D eigenvalue weighted by molar-refractivity contribution is 0.0952. The second-order valence-corrected chi connectivity index (χ2v) is 12.4. The van der Waals surface area contributed by atoms with Gasteiger partial charge in [0.05, 0.1) is 16.1 Å². The van der Waals surface area contributed by atoms with Gasteiger partial charge >= 0.3 is 0 Å². The third kappa shape index (κ3) is 5.68. The molecule has 8 heteroatoms. The number of hydrogen-bond donors (Lipinski definition) is 3. The van der Waals surface area contributed by atoms with Crippen LogP contribution in [-0.2, 0) is 0 Å². The van der Waals surface area contributed by atoms with Crippen LogP contribution in [-0.4, -0.2) is 39.5 Å². The third-order valence-electron chi connectivity index (χ3n) is 6.36. The number of anilines is 1. The summed E-state index contributed by atoms with van der Waals surface area (Å²) in [6.45, 7) is 9.64. The van der Waals surface area contributed by atoms with Crippen molar-refractivity contribution >= 4 is 44.9 Å². The van der Waals surface area contributed by atoms with Crippen LogP contribution in [0.3, 0.4) is 0 Å². The van der Waals surface area contributed by atoms with Gasteiger partial charge in [-0.3, -0.25) is 4.79 Å². The summed E-state index contributed by atoms with van der Waals surface area (Å²) in [5.74, 6) is 0.522. The molecule has 2 fully saturated rings. The summed E-state index contributed by atoms with van der Waals surface area (Å²) in [6.07, 6.45) is 8.05. The molecule has 184 valence electrons. The van der Waals surface area contributed by atoms with E-state index in [4.69, 9.17) is 16.6 Å². The van der Waals surface area contributed by atoms with Gasteiger partial charge in [-0.2, -0.15) is 0 Å². The summed E-state index contributed by atoms with van der Waals surface area (Å²) < 4.78 is 1.04. The maximum atomic E-state index is 12.7. The van der Waals surface area contributed by atoms with Crippen molar-refractivity contribution in [3.63, 3.8) is 0 Å². The van der Waals surface area contributed by atoms with Crippen LogP contribution in [0, 0.1) is 0 Å². The molecule has 1 aromatic carbocycles. The highest BCUT2D eigenvalue weighted by molar-refractivity contribution is 7.22. The summed E-state index contributed by atoms with van der Waals surface area (Å²) in [4.78, 5) is 22.8. The van der Waals surface area contributed by atoms with E-state index in [1.54, 1.807) is 17.5 Å². The van der Waals surface area contributed by atoms with Crippen molar-refractivity contribution < 1.29 is 4.79 Å². The molecule has 0 radical (unpaired) electrons. The van der Waals surface area contributed by atoms with Gasteiger partial charge in [0.2, 0.25) is 5.95 Å². The maximum absolute atomic E-state index is 12.7. The van der Waals surface area contributed by atoms with E-state index in [0.717, 1.165) is 40.6 Å². The molecule has 6 nitrogen and oxygen atoms in total. The average molecular weight is 510 g/mol. The quantitative estimate of drug-likeness (QED) is 0.346. The Kier molecular flexibility index (Phi) is 6.36. The van der Waals surface area contributed by atoms with Gasteiger partial charge in [-0.25, -0.2) is 9.97 Å². The first kappa shape index (κ1) is 24.2. The third-order valence-corrected chi connectivity index (χ3v) is 7.75. The lowest BCUT2D eigenvalue weighted by Gasteiger charge is -2.44. The monoisotopic (exact) mass is 509 g/mol. The second-order valence-electron chi connectivity index (χ2n) is 11.0. The van der Waals surface area contributed by atoms with Gasteiger partial charge in [0.1, 0.15) is 5.69 Å². The molecule has 5 rings (SSSR count). The first-order chi connectivity index (χ1) is 16.6. The first-order valence-electron chi connectivity index (χ1n) is 12.2. The van der Waals surface area contributed by atoms with E-state index >= 15 is 0 Å². The molecule has 1 saturated heterocycles. The Morgan fingerprint density at radius 3 is 2.69 bits per heavy atom. The van der Waals surface area contributed by atoms with E-state index in [1.807, 2.05) is 24.3 Å². The van der Waals surface area contributed by atoms with Crippen LogP contribution in [0.4, 0.5) is 5.95 Å². The number of nitrogens with zero attached hydrogens (tertiary/aromatic N) is 2. The van der Waals surface area contributed by atoms with E-state index < -0.39 is 0 Å². The number of nitrogens with one attached hydrogen (secondary N) is 3. The highest BCUT2D eigenvalue weighted by atomic mass is 35.5. The minimum Gasteiger partial charge on any atom is -0.351 e. The van der Waals surface area contributed by atoms with E-state index in [0.29, 0.717) is 34.8 Å². The van der Waals surface area contributed by atoms with Crippen molar-refractivity contribution in [1.82, 2.24) is 20.6 Å². The van der Waals surface area contributed by atoms with Gasteiger partial charge < -0.3 is 16.0 Å². The molecule has 1 aliphatic carbocycles. The SMILES string of the molecule is CC1(C)CC(=CCNc2ncc(Cl)c(-c3cc4c(C(=O)NC5CC5)cccc4s3)n2)CC(C)(C)N1. The molecule has 1 aliphatic heterocycles. The number of rotatable bonds is 6. The molecule has 0 spiro atoms. The summed E-state index contributed by atoms with van der Waals surface area (Å²) in [5.41, 5.74) is 2.96. The molecule has 0 bridgehead atoms. The van der Waals surface area contributed by atoms with Crippen LogP contribution in [0.15, 0.2) is 42.1 Å². The minimum atomic E-state index is -0.0177. The fourth-order valence-corrected chi connectivity index (χ4v) is 6.47. The molecule has 3 heterocycles. The van der Waals surface area contributed by atoms with Gasteiger partial charge in [-0.15, -0.1) is 11.3 Å². The number of amides is 1. The van der Waals surface area contributed by atoms with Crippen molar-refractivity contribution in [1.29, 1.82) is 0 Å². The number of halogens is 1. The average Bonchev–Trinajstić information content (AvgIpc) is 3.46. The van der Waals surface area contributed by atoms with Crippen LogP contribution < -0.4 is 16.0 Å². The number of carbonyl (C=O) groups excluding carboxylic acids is 1. The fourth-order valence-electron chi connectivity index (χ4n) is 5.12. The first-order valence-corrected chi connectivity index (χ1v) is 13.4. The molecule has 0 unspecified atom stereocenters. The summed E-state index contributed by atoms with van der Waals surface area (Å²) in [5, 5.41) is 11.6. The van der Waals surface area contributed by atoms with Crippen molar-refractivity contribution in [2.24, 2.45) is 0 Å². The standard InChI is InChI=1S/C27H32ClN5OS/c1-26(2)13-16(14-27(3,4)33-26)10-11-29-25-30-15-20(28)23(32-25)22-12-19-18(6-5-7-21(19)35-22)24(34)31-17-8-9-17/h5-7,10,12,15,17,33H,8-9,11,13-14H2,1-4H3,(H,31,34)(H,29,30,32). The van der Waals surface area contributed by atoms with Gasteiger partial charge in [0, 0.05) is 39.3 Å². The van der Waals surface area contributed by atoms with E-state index in [2.05, 4.69) is 54.7 Å². The Morgan fingerprint density at radius 1 is 1.23 bits per heavy atom. The smallest absolute Gasteiger partial charge is 0.252 e. The number of fused-ring (bicyclic) bond motifs is 1. The Morgan fingerprint density at radius 2 is 1.97 bits per heavy atom. The van der Waals surface area contributed by atoms with Crippen molar-refractivity contribution in [2.45, 2.75) is 70.5 Å². The molecule has 1 amide bonds. The van der Waals surface area contributed by atoms with Crippen LogP contribution in [0.5, 0.6) is 0 Å². The lowest BCUT2D eigenvalue weighted by Crippen LogP contribution is -2.55. The predicted molar refractivity (Wildman–Crippen MR) is 145 cm³/mol. The van der Waals surface area contributed by atoms with Crippen LogP contribution in [0.2, 0.25) is 5.02 Å². The van der Waals surface area contributed by atoms with Crippen molar-refractivity contribution in [3.8, 4) is 10.6 Å². The maximum Gasteiger partial charge on any atom is 0.252 e. The number of aromatic nitrogens is 2. The number of carbonyl (C=O) groups is 1. The van der Waals surface area contributed by atoms with E-state index in [1.165, 1.54) is 5.57 Å². The molecular weight excluding hydrogens is 478 g/mol. The largest absolute Gasteiger partial charge is 0.351 e. The Bertz CT molecular complexity index is 1290. The molecule has 2 aliphatic rings. The topological polar surface area (TPSA) is 78.9 Å². The highest BCUT2D eigenvalue weighted by Crippen LogP contribution is 2.38. The van der Waals surface area contributed by atoms with Gasteiger partial charge in [0.25, 0.3) is 5.91 Å². The lowest BCUT2D eigenvalue weighted by atomic mass is 9.79. The molecule has 3 N–H and O–H groups in total. The van der Waals surface area contributed by atoms with E-state index in [-0.39, 0.29) is 17.0 Å². The zero-order valence-corrected chi connectivity index (χ0v) is 22.2. The summed E-state index contributed by atoms with van der Waals surface area (Å²) in [6, 6.07) is 8.16. The van der Waals surface area contributed by atoms with Crippen molar-refractivity contribution in [3.05, 3.63) is 52.7 Å². The minimum absolute atomic E-state index is 0.0177. The van der Waals surface area contributed by atoms with Crippen molar-refractivity contribution in [2.75, 3.05) is 11.9 Å². The molecule has 0 atom stereocenters. The number of benzene rings is 1. The fraction of sp³-hybridized carbons (Fsp3) is 0.444. The molecule has 3 aromatic rings. The van der Waals surface area contributed by atoms with Gasteiger partial charge in [-0.1, -0.05) is 29.3 Å². The molecule has 35 heavy (non-hydrogen) atoms. The molecule has 2 aromatic heterocycles. The number of thiophene rings is 1. The summed E-state index contributed by atoms with van der Waals surface area (Å²) in [7, 11) is 0. The zero-order chi connectivity index (χ0) is 24.8. The Balaban J connectivity index is 1.35. The normalized spacial score (nSPS) is 18.9. The second kappa shape index (κ2) is 9.19. The van der Waals surface area contributed by atoms with Gasteiger partial charge in [-0.05, 0) is 71.6 Å². The molecular formula is C27H32ClN5OS.